The Bertz CT molecular complexity index is 736. The summed E-state index contributed by atoms with van der Waals surface area (Å²) in [5.41, 5.74) is 1.60. The average Bonchev–Trinajstić information content (AvgIpc) is 3.17. The first-order valence-electron chi connectivity index (χ1n) is 8.57. The number of nitrogens with zero attached hydrogens (tertiary/aromatic N) is 3. The first kappa shape index (κ1) is 16.6. The van der Waals surface area contributed by atoms with Crippen molar-refractivity contribution in [1.29, 1.82) is 0 Å². The maximum atomic E-state index is 12.9. The van der Waals surface area contributed by atoms with Gasteiger partial charge in [-0.3, -0.25) is 9.78 Å². The molecule has 1 saturated carbocycles. The molecule has 3 heterocycles. The molecule has 1 saturated heterocycles. The van der Waals surface area contributed by atoms with Crippen molar-refractivity contribution < 1.29 is 14.3 Å². The van der Waals surface area contributed by atoms with Crippen LogP contribution in [-0.4, -0.2) is 52.2 Å². The molecule has 25 heavy (non-hydrogen) atoms. The van der Waals surface area contributed by atoms with E-state index in [2.05, 4.69) is 9.97 Å². The van der Waals surface area contributed by atoms with E-state index in [4.69, 9.17) is 9.47 Å². The van der Waals surface area contributed by atoms with Crippen molar-refractivity contribution in [2.45, 2.75) is 44.6 Å². The van der Waals surface area contributed by atoms with E-state index >= 15 is 0 Å². The SMILES string of the molecule is Cc1nc(C(=O)N2CCO[C@H]3CC[C@H]2[C@H]3OCc2ccncc2)cs1. The molecule has 2 aliphatic rings. The summed E-state index contributed by atoms with van der Waals surface area (Å²) in [5.74, 6) is -0.0157. The highest BCUT2D eigenvalue weighted by Gasteiger charge is 2.45. The zero-order valence-electron chi connectivity index (χ0n) is 14.1. The van der Waals surface area contributed by atoms with Crippen LogP contribution in [0.15, 0.2) is 29.9 Å². The molecule has 132 valence electrons. The minimum Gasteiger partial charge on any atom is -0.374 e. The van der Waals surface area contributed by atoms with E-state index in [1.54, 1.807) is 12.4 Å². The number of ether oxygens (including phenoxy) is 2. The lowest BCUT2D eigenvalue weighted by Gasteiger charge is -2.30. The van der Waals surface area contributed by atoms with Crippen molar-refractivity contribution in [2.24, 2.45) is 0 Å². The van der Waals surface area contributed by atoms with Gasteiger partial charge in [-0.05, 0) is 37.5 Å². The van der Waals surface area contributed by atoms with Crippen LogP contribution in [0.1, 0.15) is 33.9 Å². The Hall–Kier alpha value is -1.83. The van der Waals surface area contributed by atoms with Crippen molar-refractivity contribution >= 4 is 17.2 Å². The number of rotatable bonds is 4. The van der Waals surface area contributed by atoms with E-state index < -0.39 is 0 Å². The number of pyridine rings is 1. The predicted octanol–water partition coefficient (Wildman–Crippen LogP) is 2.44. The second-order valence-corrected chi connectivity index (χ2v) is 7.50. The van der Waals surface area contributed by atoms with Crippen LogP contribution in [0.25, 0.3) is 0 Å². The Labute approximate surface area is 150 Å². The van der Waals surface area contributed by atoms with Crippen molar-refractivity contribution in [1.82, 2.24) is 14.9 Å². The summed E-state index contributed by atoms with van der Waals surface area (Å²) in [5, 5.41) is 2.74. The third kappa shape index (κ3) is 3.44. The summed E-state index contributed by atoms with van der Waals surface area (Å²) in [4.78, 5) is 23.2. The molecule has 2 aromatic rings. The molecule has 0 unspecified atom stereocenters. The fraction of sp³-hybridized carbons (Fsp3) is 0.500. The molecule has 2 aromatic heterocycles. The summed E-state index contributed by atoms with van der Waals surface area (Å²) in [6.07, 6.45) is 5.31. The van der Waals surface area contributed by atoms with Crippen molar-refractivity contribution in [3.63, 3.8) is 0 Å². The van der Waals surface area contributed by atoms with Gasteiger partial charge in [-0.2, -0.15) is 0 Å². The second-order valence-electron chi connectivity index (χ2n) is 6.44. The van der Waals surface area contributed by atoms with Crippen molar-refractivity contribution in [3.05, 3.63) is 46.2 Å². The molecule has 2 bridgehead atoms. The number of thiazole rings is 1. The Kier molecular flexibility index (Phi) is 4.78. The summed E-state index contributed by atoms with van der Waals surface area (Å²) >= 11 is 1.50. The lowest BCUT2D eigenvalue weighted by atomic mass is 10.1. The molecule has 7 heteroatoms. The molecule has 2 fully saturated rings. The topological polar surface area (TPSA) is 64.6 Å². The van der Waals surface area contributed by atoms with Crippen LogP contribution in [-0.2, 0) is 16.1 Å². The minimum absolute atomic E-state index is 0.0157. The standard InChI is InChI=1S/C18H21N3O3S/c1-12-20-14(11-25-12)18(22)21-8-9-23-16-3-2-15(21)17(16)24-10-13-4-6-19-7-5-13/h4-7,11,15-17H,2-3,8-10H2,1H3/t15-,16-,17+/m0/s1. The van der Waals surface area contributed by atoms with E-state index in [1.165, 1.54) is 11.3 Å². The van der Waals surface area contributed by atoms with Crippen LogP contribution in [0.2, 0.25) is 0 Å². The number of amides is 1. The average molecular weight is 359 g/mol. The maximum Gasteiger partial charge on any atom is 0.273 e. The third-order valence-corrected chi connectivity index (χ3v) is 5.62. The molecule has 4 rings (SSSR count). The lowest BCUT2D eigenvalue weighted by Crippen LogP contribution is -2.46. The molecule has 0 N–H and O–H groups in total. The highest BCUT2D eigenvalue weighted by Crippen LogP contribution is 2.33. The minimum atomic E-state index is -0.0978. The lowest BCUT2D eigenvalue weighted by molar-refractivity contribution is -0.0598. The van der Waals surface area contributed by atoms with Gasteiger partial charge in [0.25, 0.3) is 5.91 Å². The molecule has 0 radical (unpaired) electrons. The Morgan fingerprint density at radius 3 is 3.00 bits per heavy atom. The van der Waals surface area contributed by atoms with Crippen LogP contribution < -0.4 is 0 Å². The first-order valence-corrected chi connectivity index (χ1v) is 9.45. The molecule has 1 aliphatic heterocycles. The van der Waals surface area contributed by atoms with Gasteiger partial charge < -0.3 is 14.4 Å². The quantitative estimate of drug-likeness (QED) is 0.839. The Morgan fingerprint density at radius 1 is 1.40 bits per heavy atom. The zero-order valence-corrected chi connectivity index (χ0v) is 14.9. The number of aromatic nitrogens is 2. The summed E-state index contributed by atoms with van der Waals surface area (Å²) < 4.78 is 12.2. The zero-order chi connectivity index (χ0) is 17.2. The van der Waals surface area contributed by atoms with E-state index in [1.807, 2.05) is 29.3 Å². The van der Waals surface area contributed by atoms with Gasteiger partial charge in [0.1, 0.15) is 11.8 Å². The number of hydrogen-bond donors (Lipinski definition) is 0. The van der Waals surface area contributed by atoms with Gasteiger partial charge in [0.15, 0.2) is 0 Å². The van der Waals surface area contributed by atoms with Crippen molar-refractivity contribution in [2.75, 3.05) is 13.2 Å². The highest BCUT2D eigenvalue weighted by molar-refractivity contribution is 7.09. The normalized spacial score (nSPS) is 25.8. The highest BCUT2D eigenvalue weighted by atomic mass is 32.1. The maximum absolute atomic E-state index is 12.9. The smallest absolute Gasteiger partial charge is 0.273 e. The van der Waals surface area contributed by atoms with Crippen molar-refractivity contribution in [3.8, 4) is 0 Å². The molecule has 1 aliphatic carbocycles. The van der Waals surface area contributed by atoms with E-state index in [0.717, 1.165) is 23.4 Å². The Morgan fingerprint density at radius 2 is 2.24 bits per heavy atom. The van der Waals surface area contributed by atoms with Crippen LogP contribution in [0, 0.1) is 6.92 Å². The van der Waals surface area contributed by atoms with E-state index in [0.29, 0.717) is 25.5 Å². The third-order valence-electron chi connectivity index (χ3n) is 4.85. The number of fused-ring (bicyclic) bond motifs is 2. The van der Waals surface area contributed by atoms with Gasteiger partial charge in [-0.25, -0.2) is 4.98 Å². The van der Waals surface area contributed by atoms with Gasteiger partial charge in [-0.1, -0.05) is 0 Å². The molecule has 6 nitrogen and oxygen atoms in total. The first-order chi connectivity index (χ1) is 12.2. The van der Waals surface area contributed by atoms with Gasteiger partial charge >= 0.3 is 0 Å². The fourth-order valence-corrected chi connectivity index (χ4v) is 4.23. The Balaban J connectivity index is 1.50. The molecule has 0 spiro atoms. The van der Waals surface area contributed by atoms with E-state index in [-0.39, 0.29) is 24.2 Å². The number of carbonyl (C=O) groups is 1. The van der Waals surface area contributed by atoms with Gasteiger partial charge in [0, 0.05) is 24.3 Å². The van der Waals surface area contributed by atoms with E-state index in [9.17, 15) is 4.79 Å². The number of carbonyl (C=O) groups excluding carboxylic acids is 1. The summed E-state index contributed by atoms with van der Waals surface area (Å²) in [7, 11) is 0. The fourth-order valence-electron chi connectivity index (χ4n) is 3.64. The molecular weight excluding hydrogens is 338 g/mol. The number of hydrogen-bond acceptors (Lipinski definition) is 6. The molecular formula is C18H21N3O3S. The molecule has 0 aromatic carbocycles. The largest absolute Gasteiger partial charge is 0.374 e. The predicted molar refractivity (Wildman–Crippen MR) is 93.5 cm³/mol. The van der Waals surface area contributed by atoms with Gasteiger partial charge in [0.2, 0.25) is 0 Å². The van der Waals surface area contributed by atoms with Gasteiger partial charge in [-0.15, -0.1) is 11.3 Å². The van der Waals surface area contributed by atoms with Crippen LogP contribution in [0.4, 0.5) is 0 Å². The monoisotopic (exact) mass is 359 g/mol. The summed E-state index contributed by atoms with van der Waals surface area (Å²) in [6.45, 7) is 3.55. The van der Waals surface area contributed by atoms with Crippen LogP contribution >= 0.6 is 11.3 Å². The molecule has 1 amide bonds. The summed E-state index contributed by atoms with van der Waals surface area (Å²) in [6, 6.07) is 3.93. The second kappa shape index (κ2) is 7.19. The number of aryl methyl sites for hydroxylation is 1. The molecule has 3 atom stereocenters. The van der Waals surface area contributed by atoms with Gasteiger partial charge in [0.05, 0.1) is 30.4 Å². The van der Waals surface area contributed by atoms with Crippen LogP contribution in [0.5, 0.6) is 0 Å². The van der Waals surface area contributed by atoms with Crippen LogP contribution in [0.3, 0.4) is 0 Å².